The molecule has 11 rings (SSSR count). The van der Waals surface area contributed by atoms with Crippen LogP contribution in [0.25, 0.3) is 60.8 Å². The number of aromatic hydroxyl groups is 2. The number of para-hydroxylation sites is 2. The number of aromatic nitrogens is 2. The molecule has 0 spiro atoms. The van der Waals surface area contributed by atoms with Crippen LogP contribution in [0.1, 0.15) is 45.9 Å². The number of carbonyl (C=O) groups is 3. The third kappa shape index (κ3) is 11.0. The van der Waals surface area contributed by atoms with Crippen molar-refractivity contribution in [3.05, 3.63) is 217 Å². The largest absolute Gasteiger partial charge is 0.508 e. The molecule has 4 N–H and O–H groups in total. The molecule has 1 aliphatic rings. The molecule has 12 heteroatoms. The molecule has 0 radical (unpaired) electrons. The second-order valence-electron chi connectivity index (χ2n) is 14.9. The molecule has 1 aliphatic carbocycles. The standard InChI is InChI=1S/C27H16Br2N2O.C14H6Br2O2.C7H6O2.C6H7N.2CH4/c28-17-8-12-21-22-13-9-18(29)15-24(22)26-25(23(21)14-17)30-27(16-6-10-20(32)11-7-16)31(26)19-4-2-1-3-5-19;15-7-1-3-9-10-4-2-8(16)6-12(10)14(18)13(17)11(9)5-7;8-5-6-1-3-7(9)4-2-6;7-6-4-2-1-3-5-6;;/h1-15,32H;1-6H;1-5,9H;1-5H,7H2;2*1H4. The van der Waals surface area contributed by atoms with E-state index in [2.05, 4.69) is 117 Å². The average Bonchev–Trinajstić information content (AvgIpc) is 3.74. The van der Waals surface area contributed by atoms with Gasteiger partial charge in [-0.1, -0.05) is 139 Å². The number of nitrogens with two attached hydrogens (primary N) is 1. The van der Waals surface area contributed by atoms with Crippen molar-refractivity contribution < 1.29 is 24.6 Å². The van der Waals surface area contributed by atoms with Gasteiger partial charge in [0.1, 0.15) is 23.6 Å². The maximum Gasteiger partial charge on any atom is 0.234 e. The van der Waals surface area contributed by atoms with E-state index >= 15 is 0 Å². The topological polar surface area (TPSA) is 136 Å². The van der Waals surface area contributed by atoms with Crippen molar-refractivity contribution in [1.82, 2.24) is 9.55 Å². The second kappa shape index (κ2) is 22.4. The van der Waals surface area contributed by atoms with Gasteiger partial charge in [-0.05, 0) is 143 Å². The Morgan fingerprint density at radius 2 is 0.926 bits per heavy atom. The zero-order valence-corrected chi connectivity index (χ0v) is 40.8. The summed E-state index contributed by atoms with van der Waals surface area (Å²) < 4.78 is 5.85. The van der Waals surface area contributed by atoms with Gasteiger partial charge in [-0.2, -0.15) is 0 Å². The second-order valence-corrected chi connectivity index (χ2v) is 18.6. The molecule has 0 aliphatic heterocycles. The Bertz CT molecular complexity index is 3370. The van der Waals surface area contributed by atoms with E-state index in [-0.39, 0.29) is 26.4 Å². The fourth-order valence-corrected chi connectivity index (χ4v) is 8.96. The summed E-state index contributed by atoms with van der Waals surface area (Å²) in [5.74, 6) is 0.356. The number of phenols is 2. The van der Waals surface area contributed by atoms with Crippen LogP contribution >= 0.6 is 63.7 Å². The predicted octanol–water partition coefficient (Wildman–Crippen LogP) is 16.2. The van der Waals surface area contributed by atoms with Gasteiger partial charge in [0.2, 0.25) is 11.6 Å². The van der Waals surface area contributed by atoms with Gasteiger partial charge in [0.25, 0.3) is 0 Å². The smallest absolute Gasteiger partial charge is 0.234 e. The average molecular weight is 1160 g/mol. The highest BCUT2D eigenvalue weighted by molar-refractivity contribution is 9.11. The quantitative estimate of drug-likeness (QED) is 0.0694. The monoisotopic (exact) mass is 1150 g/mol. The molecule has 0 bridgehead atoms. The maximum absolute atomic E-state index is 12.1. The summed E-state index contributed by atoms with van der Waals surface area (Å²) in [5.41, 5.74) is 13.3. The number of halogens is 4. The first-order valence-electron chi connectivity index (χ1n) is 20.2. The molecule has 1 heterocycles. The number of carbonyl (C=O) groups excluding carboxylic acids is 3. The molecule has 0 fully saturated rings. The van der Waals surface area contributed by atoms with Gasteiger partial charge in [0.15, 0.2) is 0 Å². The van der Waals surface area contributed by atoms with E-state index in [0.29, 0.717) is 16.7 Å². The Kier molecular flexibility index (Phi) is 16.7. The van der Waals surface area contributed by atoms with Crippen LogP contribution in [0, 0.1) is 0 Å². The van der Waals surface area contributed by atoms with E-state index in [9.17, 15) is 19.5 Å². The molecular weight excluding hydrogens is 1110 g/mol. The van der Waals surface area contributed by atoms with Crippen LogP contribution in [0.3, 0.4) is 0 Å². The van der Waals surface area contributed by atoms with Crippen molar-refractivity contribution in [3.63, 3.8) is 0 Å². The van der Waals surface area contributed by atoms with E-state index in [1.165, 1.54) is 17.5 Å². The van der Waals surface area contributed by atoms with Crippen LogP contribution in [0.4, 0.5) is 5.69 Å². The summed E-state index contributed by atoms with van der Waals surface area (Å²) in [6, 6.07) is 56.7. The van der Waals surface area contributed by atoms with E-state index < -0.39 is 11.6 Å². The minimum Gasteiger partial charge on any atom is -0.508 e. The Morgan fingerprint density at radius 1 is 0.485 bits per heavy atom. The molecule has 0 atom stereocenters. The van der Waals surface area contributed by atoms with Gasteiger partial charge in [-0.3, -0.25) is 19.0 Å². The Morgan fingerprint density at radius 3 is 1.41 bits per heavy atom. The first kappa shape index (κ1) is 50.7. The molecule has 9 aromatic carbocycles. The first-order chi connectivity index (χ1) is 31.9. The highest BCUT2D eigenvalue weighted by atomic mass is 79.9. The molecule has 0 saturated heterocycles. The highest BCUT2D eigenvalue weighted by Crippen LogP contribution is 2.41. The Labute approximate surface area is 427 Å². The minimum atomic E-state index is -0.447. The molecule has 8 nitrogen and oxygen atoms in total. The van der Waals surface area contributed by atoms with E-state index in [1.54, 1.807) is 36.4 Å². The van der Waals surface area contributed by atoms with Gasteiger partial charge >= 0.3 is 0 Å². The summed E-state index contributed by atoms with van der Waals surface area (Å²) in [6.45, 7) is 0. The molecule has 0 saturated carbocycles. The lowest BCUT2D eigenvalue weighted by atomic mass is 9.84. The van der Waals surface area contributed by atoms with Gasteiger partial charge in [-0.15, -0.1) is 0 Å². The summed E-state index contributed by atoms with van der Waals surface area (Å²) in [7, 11) is 0. The summed E-state index contributed by atoms with van der Waals surface area (Å²) in [5, 5.41) is 23.1. The number of rotatable bonds is 3. The van der Waals surface area contributed by atoms with Crippen molar-refractivity contribution in [2.24, 2.45) is 0 Å². The number of hydrogen-bond donors (Lipinski definition) is 3. The third-order valence-corrected chi connectivity index (χ3v) is 12.5. The Balaban J connectivity index is 0.000000177. The number of hydrogen-bond acceptors (Lipinski definition) is 7. The summed E-state index contributed by atoms with van der Waals surface area (Å²) in [6.07, 6.45) is 0.736. The van der Waals surface area contributed by atoms with Crippen molar-refractivity contribution in [2.45, 2.75) is 14.9 Å². The molecule has 0 unspecified atom stereocenters. The van der Waals surface area contributed by atoms with Crippen molar-refractivity contribution in [2.75, 3.05) is 5.73 Å². The van der Waals surface area contributed by atoms with Crippen molar-refractivity contribution in [3.8, 4) is 39.7 Å². The lowest BCUT2D eigenvalue weighted by molar-refractivity contribution is 0.0815. The van der Waals surface area contributed by atoms with Crippen molar-refractivity contribution in [1.29, 1.82) is 0 Å². The number of fused-ring (bicyclic) bond motifs is 9. The molecule has 10 aromatic rings. The number of phenolic OH excluding ortho intramolecular Hbond substituents is 2. The molecule has 340 valence electrons. The minimum absolute atomic E-state index is 0. The summed E-state index contributed by atoms with van der Waals surface area (Å²) >= 11 is 14.0. The van der Waals surface area contributed by atoms with Gasteiger partial charge < -0.3 is 15.9 Å². The number of anilines is 1. The fourth-order valence-electron chi connectivity index (χ4n) is 7.51. The van der Waals surface area contributed by atoms with Crippen molar-refractivity contribution >= 4 is 120 Å². The predicted molar refractivity (Wildman–Crippen MR) is 292 cm³/mol. The maximum atomic E-state index is 12.1. The number of nitrogen functional groups attached to an aromatic ring is 1. The number of benzene rings is 9. The number of ketones is 2. The first-order valence-corrected chi connectivity index (χ1v) is 23.4. The van der Waals surface area contributed by atoms with E-state index in [4.69, 9.17) is 15.8 Å². The summed E-state index contributed by atoms with van der Waals surface area (Å²) in [4.78, 5) is 39.3. The molecule has 1 aromatic heterocycles. The van der Waals surface area contributed by atoms with E-state index in [0.717, 1.165) is 85.3 Å². The van der Waals surface area contributed by atoms with Crippen LogP contribution in [0.15, 0.2) is 200 Å². The third-order valence-electron chi connectivity index (χ3n) is 10.6. The van der Waals surface area contributed by atoms with Crippen LogP contribution in [-0.4, -0.2) is 37.6 Å². The molecule has 68 heavy (non-hydrogen) atoms. The number of aldehydes is 1. The van der Waals surface area contributed by atoms with Crippen LogP contribution < -0.4 is 5.73 Å². The van der Waals surface area contributed by atoms with Gasteiger partial charge in [0, 0.05) is 62.3 Å². The number of nitrogens with zero attached hydrogens (tertiary/aromatic N) is 2. The lowest BCUT2D eigenvalue weighted by Crippen LogP contribution is -2.21. The normalized spacial score (nSPS) is 11.0. The lowest BCUT2D eigenvalue weighted by Gasteiger charge is -2.18. The van der Waals surface area contributed by atoms with Crippen LogP contribution in [0.2, 0.25) is 0 Å². The van der Waals surface area contributed by atoms with Gasteiger partial charge in [-0.25, -0.2) is 4.98 Å². The van der Waals surface area contributed by atoms with Crippen LogP contribution in [-0.2, 0) is 0 Å². The zero-order valence-electron chi connectivity index (χ0n) is 34.5. The number of imidazole rings is 1. The molecular formula is C56H43Br4N3O5. The highest BCUT2D eigenvalue weighted by Gasteiger charge is 2.30. The fraction of sp³-hybridized carbons (Fsp3) is 0.0357. The number of Topliss-reactive ketones (excluding diaryl/α,β-unsaturated/α-hetero) is 2. The zero-order chi connectivity index (χ0) is 46.5. The van der Waals surface area contributed by atoms with E-state index in [1.807, 2.05) is 84.9 Å². The van der Waals surface area contributed by atoms with Crippen LogP contribution in [0.5, 0.6) is 11.5 Å². The Hall–Kier alpha value is -6.70. The molecule has 0 amide bonds. The van der Waals surface area contributed by atoms with Gasteiger partial charge in [0.05, 0.1) is 11.0 Å². The SMILES string of the molecule is C.C.Nc1ccccc1.O=C1C(=O)c2cc(Br)ccc2-c2ccc(Br)cc21.O=Cc1ccc(O)cc1.Oc1ccc(-c2nc3c4cc(Br)ccc4c4ccc(Br)cc4c3n2-c2ccccc2)cc1.